The number of nitrogens with one attached hydrogen (secondary N) is 1. The molecular weight excluding hydrogens is 496 g/mol. The lowest BCUT2D eigenvalue weighted by Crippen LogP contribution is -2.34. The van der Waals surface area contributed by atoms with Crippen LogP contribution in [0, 0.1) is 0 Å². The third-order valence-electron chi connectivity index (χ3n) is 6.63. The molecule has 0 radical (unpaired) electrons. The Morgan fingerprint density at radius 2 is 1.81 bits per heavy atom. The van der Waals surface area contributed by atoms with Gasteiger partial charge >= 0.3 is 0 Å². The normalized spacial score (nSPS) is 23.0. The van der Waals surface area contributed by atoms with Crippen molar-refractivity contribution < 1.29 is 19.3 Å². The number of rotatable bonds is 5. The summed E-state index contributed by atoms with van der Waals surface area (Å²) in [5.41, 5.74) is 4.64. The highest BCUT2D eigenvalue weighted by Crippen LogP contribution is 2.33. The van der Waals surface area contributed by atoms with Gasteiger partial charge in [-0.2, -0.15) is 10.1 Å². The Hall–Kier alpha value is -3.83. The van der Waals surface area contributed by atoms with E-state index < -0.39 is 6.10 Å². The SMILES string of the molecule is OC1COC2C(Oc3nc4nc(-c5ccc(-c6ccc(-n7cccn7)nc6)cc5)c(Cl)cc4[nH]3)COC12. The van der Waals surface area contributed by atoms with E-state index in [1.54, 1.807) is 16.9 Å². The Labute approximate surface area is 215 Å². The Kier molecular flexibility index (Phi) is 5.40. The van der Waals surface area contributed by atoms with Gasteiger partial charge in [-0.15, -0.1) is 0 Å². The predicted molar refractivity (Wildman–Crippen MR) is 135 cm³/mol. The van der Waals surface area contributed by atoms with Gasteiger partial charge in [0.25, 0.3) is 6.01 Å². The number of aromatic nitrogens is 6. The van der Waals surface area contributed by atoms with Gasteiger partial charge in [-0.25, -0.2) is 14.6 Å². The number of halogens is 1. The molecule has 6 heterocycles. The number of H-pyrrole nitrogens is 1. The Morgan fingerprint density at radius 3 is 2.59 bits per heavy atom. The molecule has 2 N–H and O–H groups in total. The second-order valence-electron chi connectivity index (χ2n) is 8.98. The lowest BCUT2D eigenvalue weighted by Gasteiger charge is -2.15. The number of aromatic amines is 1. The van der Waals surface area contributed by atoms with E-state index in [0.717, 1.165) is 22.5 Å². The minimum atomic E-state index is -0.638. The predicted octanol–water partition coefficient (Wildman–Crippen LogP) is 3.43. The van der Waals surface area contributed by atoms with Gasteiger partial charge in [0.05, 0.1) is 29.4 Å². The fourth-order valence-electron chi connectivity index (χ4n) is 4.76. The number of aliphatic hydroxyl groups excluding tert-OH is 1. The summed E-state index contributed by atoms with van der Waals surface area (Å²) in [6.07, 6.45) is 3.69. The summed E-state index contributed by atoms with van der Waals surface area (Å²) >= 11 is 6.59. The molecule has 0 amide bonds. The van der Waals surface area contributed by atoms with Gasteiger partial charge in [0.1, 0.15) is 18.3 Å². The molecule has 5 aromatic rings. The third kappa shape index (κ3) is 4.04. The average molecular weight is 517 g/mol. The molecule has 0 saturated carbocycles. The maximum atomic E-state index is 9.94. The molecule has 2 fully saturated rings. The van der Waals surface area contributed by atoms with Gasteiger partial charge in [-0.1, -0.05) is 35.9 Å². The molecule has 1 aromatic carbocycles. The van der Waals surface area contributed by atoms with E-state index in [1.807, 2.05) is 54.9 Å². The molecule has 186 valence electrons. The lowest BCUT2D eigenvalue weighted by molar-refractivity contribution is 0.00706. The van der Waals surface area contributed by atoms with Gasteiger partial charge in [0.2, 0.25) is 0 Å². The van der Waals surface area contributed by atoms with E-state index in [4.69, 9.17) is 25.8 Å². The number of ether oxygens (including phenoxy) is 3. The molecule has 0 aliphatic carbocycles. The first-order chi connectivity index (χ1) is 18.1. The Balaban J connectivity index is 1.11. The molecule has 0 bridgehead atoms. The summed E-state index contributed by atoms with van der Waals surface area (Å²) in [6.45, 7) is 0.554. The van der Waals surface area contributed by atoms with E-state index in [-0.39, 0.29) is 24.9 Å². The maximum Gasteiger partial charge on any atom is 0.296 e. The van der Waals surface area contributed by atoms with Gasteiger partial charge in [-0.3, -0.25) is 0 Å². The highest BCUT2D eigenvalue weighted by atomic mass is 35.5. The third-order valence-corrected chi connectivity index (χ3v) is 6.92. The van der Waals surface area contributed by atoms with Crippen LogP contribution >= 0.6 is 11.6 Å². The summed E-state index contributed by atoms with van der Waals surface area (Å²) in [6, 6.07) is 15.8. The molecule has 11 heteroatoms. The Bertz CT molecular complexity index is 1560. The van der Waals surface area contributed by atoms with E-state index in [1.165, 1.54) is 0 Å². The van der Waals surface area contributed by atoms with Crippen molar-refractivity contribution in [1.82, 2.24) is 29.7 Å². The average Bonchev–Trinajstić information content (AvgIpc) is 3.71. The molecule has 4 atom stereocenters. The second kappa shape index (κ2) is 8.93. The van der Waals surface area contributed by atoms with E-state index in [9.17, 15) is 5.11 Å². The second-order valence-corrected chi connectivity index (χ2v) is 9.39. The monoisotopic (exact) mass is 516 g/mol. The molecule has 2 aliphatic heterocycles. The zero-order valence-electron chi connectivity index (χ0n) is 19.4. The molecule has 2 aliphatic rings. The molecular formula is C26H21ClN6O4. The number of hydrogen-bond donors (Lipinski definition) is 2. The number of nitrogens with zero attached hydrogens (tertiary/aromatic N) is 5. The van der Waals surface area contributed by atoms with Crippen LogP contribution in [-0.2, 0) is 9.47 Å². The van der Waals surface area contributed by atoms with Crippen LogP contribution in [0.15, 0.2) is 67.1 Å². The van der Waals surface area contributed by atoms with Crippen LogP contribution in [0.1, 0.15) is 0 Å². The van der Waals surface area contributed by atoms with E-state index >= 15 is 0 Å². The summed E-state index contributed by atoms with van der Waals surface area (Å²) in [4.78, 5) is 16.8. The largest absolute Gasteiger partial charge is 0.456 e. The molecule has 10 nitrogen and oxygen atoms in total. The first kappa shape index (κ1) is 22.4. The number of hydrogen-bond acceptors (Lipinski definition) is 8. The van der Waals surface area contributed by atoms with Crippen LogP contribution in [-0.4, -0.2) is 72.5 Å². The quantitative estimate of drug-likeness (QED) is 0.364. The minimum absolute atomic E-state index is 0.238. The van der Waals surface area contributed by atoms with Gasteiger partial charge < -0.3 is 24.3 Å². The maximum absolute atomic E-state index is 9.94. The fraction of sp³-hybridized carbons (Fsp3) is 0.231. The lowest BCUT2D eigenvalue weighted by atomic mass is 10.0. The topological polar surface area (TPSA) is 120 Å². The smallest absolute Gasteiger partial charge is 0.296 e. The first-order valence-electron chi connectivity index (χ1n) is 11.8. The van der Waals surface area contributed by atoms with Crippen molar-refractivity contribution in [2.75, 3.05) is 13.2 Å². The molecule has 7 rings (SSSR count). The zero-order valence-corrected chi connectivity index (χ0v) is 20.1. The number of imidazole rings is 1. The van der Waals surface area contributed by atoms with Crippen LogP contribution in [0.3, 0.4) is 0 Å². The summed E-state index contributed by atoms with van der Waals surface area (Å²) in [5, 5.41) is 14.6. The summed E-state index contributed by atoms with van der Waals surface area (Å²) in [5.74, 6) is 0.755. The van der Waals surface area contributed by atoms with Crippen molar-refractivity contribution in [3.63, 3.8) is 0 Å². The highest BCUT2D eigenvalue weighted by molar-refractivity contribution is 6.33. The van der Waals surface area contributed by atoms with Gasteiger partial charge in [0.15, 0.2) is 17.6 Å². The van der Waals surface area contributed by atoms with Crippen LogP contribution in [0.2, 0.25) is 5.02 Å². The molecule has 37 heavy (non-hydrogen) atoms. The number of aliphatic hydroxyl groups is 1. The number of benzene rings is 1. The summed E-state index contributed by atoms with van der Waals surface area (Å²) < 4.78 is 18.9. The molecule has 0 spiro atoms. The van der Waals surface area contributed by atoms with Crippen LogP contribution in [0.4, 0.5) is 0 Å². The van der Waals surface area contributed by atoms with Crippen molar-refractivity contribution in [1.29, 1.82) is 0 Å². The van der Waals surface area contributed by atoms with Crippen LogP contribution in [0.25, 0.3) is 39.4 Å². The van der Waals surface area contributed by atoms with Crippen molar-refractivity contribution in [3.05, 3.63) is 72.1 Å². The highest BCUT2D eigenvalue weighted by Gasteiger charge is 2.48. The van der Waals surface area contributed by atoms with Crippen molar-refractivity contribution in [2.24, 2.45) is 0 Å². The van der Waals surface area contributed by atoms with Gasteiger partial charge in [0, 0.05) is 29.7 Å². The Morgan fingerprint density at radius 1 is 1.00 bits per heavy atom. The van der Waals surface area contributed by atoms with Crippen molar-refractivity contribution >= 4 is 22.8 Å². The summed E-state index contributed by atoms with van der Waals surface area (Å²) in [7, 11) is 0. The zero-order chi connectivity index (χ0) is 24.9. The van der Waals surface area contributed by atoms with Crippen LogP contribution < -0.4 is 4.74 Å². The fourth-order valence-corrected chi connectivity index (χ4v) is 5.02. The number of fused-ring (bicyclic) bond motifs is 2. The van der Waals surface area contributed by atoms with Crippen molar-refractivity contribution in [3.8, 4) is 34.2 Å². The standard InChI is InChI=1S/C26H21ClN6O4/c27-17-10-18-25(32-26(30-18)37-20-13-36-23-19(34)12-35-24(20)23)31-22(17)15-4-2-14(3-5-15)16-6-7-21(28-11-16)33-9-1-8-29-33/h1-11,19-20,23-24,34H,12-13H2,(H,30,31,32). The number of pyridine rings is 2. The minimum Gasteiger partial charge on any atom is -0.456 e. The first-order valence-corrected chi connectivity index (χ1v) is 12.2. The van der Waals surface area contributed by atoms with Crippen LogP contribution in [0.5, 0.6) is 6.01 Å². The van der Waals surface area contributed by atoms with Gasteiger partial charge in [-0.05, 0) is 29.8 Å². The van der Waals surface area contributed by atoms with E-state index in [0.29, 0.717) is 34.5 Å². The molecule has 2 saturated heterocycles. The van der Waals surface area contributed by atoms with Crippen molar-refractivity contribution in [2.45, 2.75) is 24.4 Å². The molecule has 4 unspecified atom stereocenters. The molecule has 4 aromatic heterocycles. The van der Waals surface area contributed by atoms with E-state index in [2.05, 4.69) is 25.0 Å².